The molecule has 0 radical (unpaired) electrons. The van der Waals surface area contributed by atoms with Crippen LogP contribution in [0.5, 0.6) is 0 Å². The van der Waals surface area contributed by atoms with Gasteiger partial charge in [0.15, 0.2) is 0 Å². The van der Waals surface area contributed by atoms with Crippen LogP contribution in [0.4, 0.5) is 0 Å². The van der Waals surface area contributed by atoms with E-state index in [0.29, 0.717) is 0 Å². The molecule has 4 nitrogen and oxygen atoms in total. The third kappa shape index (κ3) is 33.6. The minimum atomic E-state index is -0.500. The van der Waals surface area contributed by atoms with Crippen LogP contribution in [0.15, 0.2) is 0 Å². The summed E-state index contributed by atoms with van der Waals surface area (Å²) in [6.45, 7) is 6.41. The molecule has 0 saturated heterocycles. The predicted molar refractivity (Wildman–Crippen MR) is 126 cm³/mol. The molecule has 0 fully saturated rings. The largest absolute Gasteiger partial charge is 0.487 e. The summed E-state index contributed by atoms with van der Waals surface area (Å²) in [5, 5.41) is 7.23. The normalized spacial score (nSPS) is 10.4. The van der Waals surface area contributed by atoms with Crippen LogP contribution in [0, 0.1) is 0 Å². The Morgan fingerprint density at radius 1 is 0.750 bits per heavy atom. The molecule has 0 spiro atoms. The van der Waals surface area contributed by atoms with Gasteiger partial charge in [-0.15, -0.1) is 0 Å². The molecule has 0 saturated carbocycles. The van der Waals surface area contributed by atoms with Crippen molar-refractivity contribution in [3.63, 3.8) is 0 Å². The minimum Gasteiger partial charge on any atom is -0.487 e. The van der Waals surface area contributed by atoms with Crippen molar-refractivity contribution in [3.8, 4) is 0 Å². The molecule has 0 aliphatic rings. The average molecular weight is 486 g/mol. The molecule has 0 rings (SSSR count). The van der Waals surface area contributed by atoms with E-state index in [1.807, 2.05) is 0 Å². The number of nitrogens with two attached hydrogens (primary N) is 2. The Kier molecular flexibility index (Phi) is 27.2. The number of hydrogen-bond donors (Lipinski definition) is 3. The summed E-state index contributed by atoms with van der Waals surface area (Å²) in [4.78, 5) is 0. The number of aliphatic hydroxyl groups is 1. The number of ether oxygens (including phenoxy) is 1. The summed E-state index contributed by atoms with van der Waals surface area (Å²) in [5.74, 6) is 0. The zero-order chi connectivity index (χ0) is 21.0. The quantitative estimate of drug-likeness (QED) is 0.128. The number of thiocarbonyl (C=S) groups is 2. The van der Waals surface area contributed by atoms with Gasteiger partial charge in [0, 0.05) is 19.5 Å². The molecule has 7 heteroatoms. The predicted octanol–water partition coefficient (Wildman–Crippen LogP) is 6.68. The Hall–Kier alpha value is 0.00338. The van der Waals surface area contributed by atoms with Crippen LogP contribution in [-0.4, -0.2) is 21.1 Å². The van der Waals surface area contributed by atoms with E-state index in [4.69, 9.17) is 27.8 Å². The van der Waals surface area contributed by atoms with Gasteiger partial charge >= 0.3 is 0 Å². The van der Waals surface area contributed by atoms with Crippen molar-refractivity contribution in [3.05, 3.63) is 0 Å². The fourth-order valence-electron chi connectivity index (χ4n) is 3.07. The molecule has 0 bridgehead atoms. The zero-order valence-corrected chi connectivity index (χ0v) is 23.2. The van der Waals surface area contributed by atoms with Crippen molar-refractivity contribution < 1.29 is 29.3 Å². The first kappa shape index (κ1) is 32.7. The molecule has 0 unspecified atom stereocenters. The monoisotopic (exact) mass is 484 g/mol. The Balaban J connectivity index is -0.00000113. The van der Waals surface area contributed by atoms with E-state index in [1.165, 1.54) is 89.9 Å². The molecule has 164 valence electrons. The van der Waals surface area contributed by atoms with Crippen molar-refractivity contribution in [2.24, 2.45) is 11.5 Å². The minimum absolute atomic E-state index is 0. The van der Waals surface area contributed by atoms with Crippen molar-refractivity contribution >= 4 is 34.8 Å². The molecule has 5 N–H and O–H groups in total. The molecule has 28 heavy (non-hydrogen) atoms. The molecule has 0 heterocycles. The molecule has 0 aromatic rings. The van der Waals surface area contributed by atoms with Crippen LogP contribution in [0.3, 0.4) is 0 Å². The summed E-state index contributed by atoms with van der Waals surface area (Å²) in [7, 11) is 0. The van der Waals surface area contributed by atoms with Crippen molar-refractivity contribution in [1.82, 2.24) is 0 Å². The van der Waals surface area contributed by atoms with E-state index in [-0.39, 0.29) is 30.3 Å². The standard InChI is InChI=1S/C20H41NOS.CH3NOS.Zn/c1-4-5-6-7-8-9-10-11-12-13-14-15-16-17-18-20(2,3)22-19(21)23;2-1(3)4;/h4-18H2,1-3H3,(H2,21,23);(H3,2,3,4);. The van der Waals surface area contributed by atoms with E-state index >= 15 is 0 Å². The fraction of sp³-hybridized carbons (Fsp3) is 0.905. The van der Waals surface area contributed by atoms with Gasteiger partial charge in [-0.1, -0.05) is 90.4 Å². The Bertz CT molecular complexity index is 366. The van der Waals surface area contributed by atoms with Crippen LogP contribution in [0.25, 0.3) is 0 Å². The van der Waals surface area contributed by atoms with Gasteiger partial charge in [-0.05, 0) is 51.1 Å². The first-order valence-corrected chi connectivity index (χ1v) is 11.5. The average Bonchev–Trinajstić information content (AvgIpc) is 2.53. The number of aliphatic hydroxyl groups excluding tert-OH is 1. The second-order valence-electron chi connectivity index (χ2n) is 7.87. The van der Waals surface area contributed by atoms with Crippen LogP contribution in [-0.2, 0) is 24.2 Å². The van der Waals surface area contributed by atoms with Crippen molar-refractivity contribution in [2.45, 2.75) is 123 Å². The SMILES string of the molecule is CCCCCCCCCCCCCCCCC(C)(C)OC(N)=S.NC(O)=S.[Zn]. The van der Waals surface area contributed by atoms with E-state index < -0.39 is 5.17 Å². The zero-order valence-electron chi connectivity index (χ0n) is 18.6. The smallest absolute Gasteiger partial charge is 0.254 e. The molecule has 0 aromatic heterocycles. The van der Waals surface area contributed by atoms with Gasteiger partial charge < -0.3 is 21.3 Å². The summed E-state index contributed by atoms with van der Waals surface area (Å²) in [6.07, 6.45) is 20.5. The van der Waals surface area contributed by atoms with Crippen molar-refractivity contribution in [1.29, 1.82) is 0 Å². The maximum Gasteiger partial charge on any atom is 0.254 e. The number of unbranched alkanes of at least 4 members (excludes halogenated alkanes) is 13. The van der Waals surface area contributed by atoms with E-state index in [2.05, 4.69) is 38.7 Å². The maximum absolute atomic E-state index is 7.56. The Morgan fingerprint density at radius 3 is 1.32 bits per heavy atom. The second-order valence-corrected chi connectivity index (χ2v) is 8.69. The molecule has 0 aliphatic carbocycles. The summed E-state index contributed by atoms with van der Waals surface area (Å²) < 4.78 is 5.46. The molecular formula is C21H44N2O2S2Zn. The van der Waals surface area contributed by atoms with Crippen LogP contribution in [0.1, 0.15) is 117 Å². The van der Waals surface area contributed by atoms with Gasteiger partial charge in [-0.3, -0.25) is 0 Å². The first-order chi connectivity index (χ1) is 12.7. The Labute approximate surface area is 197 Å². The van der Waals surface area contributed by atoms with Gasteiger partial charge in [0.2, 0.25) is 0 Å². The molecule has 0 aromatic carbocycles. The van der Waals surface area contributed by atoms with Crippen LogP contribution in [0.2, 0.25) is 0 Å². The summed E-state index contributed by atoms with van der Waals surface area (Å²) in [5.41, 5.74) is 9.63. The third-order valence-corrected chi connectivity index (χ3v) is 4.59. The van der Waals surface area contributed by atoms with Gasteiger partial charge in [-0.2, -0.15) is 0 Å². The van der Waals surface area contributed by atoms with Gasteiger partial charge in [0.05, 0.1) is 0 Å². The Morgan fingerprint density at radius 2 is 1.04 bits per heavy atom. The fourth-order valence-corrected chi connectivity index (χ4v) is 3.29. The van der Waals surface area contributed by atoms with Gasteiger partial charge in [-0.25, -0.2) is 0 Å². The topological polar surface area (TPSA) is 81.5 Å². The van der Waals surface area contributed by atoms with Crippen LogP contribution >= 0.6 is 24.4 Å². The molecule has 0 amide bonds. The first-order valence-electron chi connectivity index (χ1n) is 10.7. The molecule has 0 aliphatic heterocycles. The second kappa shape index (κ2) is 23.3. The van der Waals surface area contributed by atoms with Crippen LogP contribution < -0.4 is 11.5 Å². The number of rotatable bonds is 16. The van der Waals surface area contributed by atoms with E-state index in [9.17, 15) is 0 Å². The summed E-state index contributed by atoms with van der Waals surface area (Å²) in [6, 6.07) is 0. The van der Waals surface area contributed by atoms with Gasteiger partial charge in [0.25, 0.3) is 10.3 Å². The third-order valence-electron chi connectivity index (χ3n) is 4.51. The molecule has 0 atom stereocenters. The maximum atomic E-state index is 7.56. The van der Waals surface area contributed by atoms with E-state index in [1.54, 1.807) is 0 Å². The molecular weight excluding hydrogens is 442 g/mol. The van der Waals surface area contributed by atoms with Gasteiger partial charge in [0.1, 0.15) is 5.60 Å². The van der Waals surface area contributed by atoms with E-state index in [0.717, 1.165) is 6.42 Å². The summed E-state index contributed by atoms with van der Waals surface area (Å²) >= 11 is 8.68. The number of hydrogen-bond acceptors (Lipinski definition) is 3. The van der Waals surface area contributed by atoms with Crippen molar-refractivity contribution in [2.75, 3.05) is 0 Å².